The van der Waals surface area contributed by atoms with Gasteiger partial charge in [0.1, 0.15) is 0 Å². The first-order chi connectivity index (χ1) is 7.11. The zero-order valence-corrected chi connectivity index (χ0v) is 13.0. The van der Waals surface area contributed by atoms with Gasteiger partial charge in [0.15, 0.2) is 0 Å². The Morgan fingerprint density at radius 2 is 0.500 bits per heavy atom. The predicted octanol–water partition coefficient (Wildman–Crippen LogP) is 6.06. The molecule has 0 saturated carbocycles. The van der Waals surface area contributed by atoms with Crippen LogP contribution in [0.15, 0.2) is 33.4 Å². The summed E-state index contributed by atoms with van der Waals surface area (Å²) in [6.07, 6.45) is 0. The molecule has 0 spiro atoms. The fraction of sp³-hybridized carbons (Fsp3) is 0.625. The lowest BCUT2D eigenvalue weighted by Crippen LogP contribution is -1.85. The SMILES string of the molecule is CC(C)=C(C)C.CC(C)=C(C)C(C)=C(C)C. The summed E-state index contributed by atoms with van der Waals surface area (Å²) in [5, 5.41) is 0. The van der Waals surface area contributed by atoms with Crippen molar-refractivity contribution in [2.75, 3.05) is 0 Å². The third kappa shape index (κ3) is 8.52. The van der Waals surface area contributed by atoms with Crippen molar-refractivity contribution in [3.8, 4) is 0 Å². The molecule has 0 aliphatic rings. The fourth-order valence-corrected chi connectivity index (χ4v) is 0.750. The van der Waals surface area contributed by atoms with Crippen LogP contribution in [0, 0.1) is 0 Å². The first kappa shape index (κ1) is 17.6. The van der Waals surface area contributed by atoms with E-state index in [1.807, 2.05) is 0 Å². The summed E-state index contributed by atoms with van der Waals surface area (Å²) in [4.78, 5) is 0. The number of hydrogen-bond acceptors (Lipinski definition) is 0. The van der Waals surface area contributed by atoms with Gasteiger partial charge in [-0.15, -0.1) is 0 Å². The van der Waals surface area contributed by atoms with E-state index in [0.717, 1.165) is 0 Å². The minimum Gasteiger partial charge on any atom is -0.0778 e. The van der Waals surface area contributed by atoms with Crippen LogP contribution in [0.4, 0.5) is 0 Å². The largest absolute Gasteiger partial charge is 0.0778 e. The molecule has 94 valence electrons. The van der Waals surface area contributed by atoms with Gasteiger partial charge in [-0.1, -0.05) is 22.3 Å². The maximum absolute atomic E-state index is 2.18. The van der Waals surface area contributed by atoms with Crippen LogP contribution in [-0.2, 0) is 0 Å². The molecule has 0 bridgehead atoms. The van der Waals surface area contributed by atoms with E-state index in [1.165, 1.54) is 33.4 Å². The second-order valence-corrected chi connectivity index (χ2v) is 5.25. The molecule has 0 unspecified atom stereocenters. The molecular formula is C16H30. The Hall–Kier alpha value is -0.780. The Morgan fingerprint density at radius 1 is 0.312 bits per heavy atom. The Kier molecular flexibility index (Phi) is 9.22. The second kappa shape index (κ2) is 8.38. The van der Waals surface area contributed by atoms with Gasteiger partial charge < -0.3 is 0 Å². The van der Waals surface area contributed by atoms with Crippen molar-refractivity contribution in [1.82, 2.24) is 0 Å². The maximum Gasteiger partial charge on any atom is -0.0396 e. The molecule has 0 heteroatoms. The van der Waals surface area contributed by atoms with Gasteiger partial charge in [-0.2, -0.15) is 0 Å². The summed E-state index contributed by atoms with van der Waals surface area (Å²) in [7, 11) is 0. The number of hydrogen-bond donors (Lipinski definition) is 0. The van der Waals surface area contributed by atoms with E-state index in [1.54, 1.807) is 0 Å². The van der Waals surface area contributed by atoms with Gasteiger partial charge in [0.25, 0.3) is 0 Å². The molecule has 0 heterocycles. The van der Waals surface area contributed by atoms with E-state index in [9.17, 15) is 0 Å². The van der Waals surface area contributed by atoms with Crippen molar-refractivity contribution in [2.24, 2.45) is 0 Å². The van der Waals surface area contributed by atoms with E-state index in [0.29, 0.717) is 0 Å². The molecule has 0 aromatic rings. The summed E-state index contributed by atoms with van der Waals surface area (Å²) < 4.78 is 0. The number of rotatable bonds is 1. The van der Waals surface area contributed by atoms with Crippen molar-refractivity contribution in [3.05, 3.63) is 33.4 Å². The van der Waals surface area contributed by atoms with E-state index >= 15 is 0 Å². The fourth-order valence-electron chi connectivity index (χ4n) is 0.750. The van der Waals surface area contributed by atoms with Gasteiger partial charge in [-0.3, -0.25) is 0 Å². The van der Waals surface area contributed by atoms with Gasteiger partial charge in [0, 0.05) is 0 Å². The van der Waals surface area contributed by atoms with Crippen molar-refractivity contribution in [1.29, 1.82) is 0 Å². The molecule has 0 saturated heterocycles. The molecule has 16 heavy (non-hydrogen) atoms. The molecule has 0 rings (SSSR count). The number of allylic oxidation sites excluding steroid dienone is 6. The molecule has 0 atom stereocenters. The van der Waals surface area contributed by atoms with Gasteiger partial charge in [0.05, 0.1) is 0 Å². The average Bonchev–Trinajstić information content (AvgIpc) is 2.15. The average molecular weight is 222 g/mol. The van der Waals surface area contributed by atoms with Crippen LogP contribution < -0.4 is 0 Å². The molecule has 0 amide bonds. The monoisotopic (exact) mass is 222 g/mol. The Balaban J connectivity index is 0. The minimum atomic E-state index is 1.42. The van der Waals surface area contributed by atoms with Crippen LogP contribution in [0.3, 0.4) is 0 Å². The molecule has 0 nitrogen and oxygen atoms in total. The van der Waals surface area contributed by atoms with E-state index in [-0.39, 0.29) is 0 Å². The van der Waals surface area contributed by atoms with Crippen molar-refractivity contribution >= 4 is 0 Å². The molecule has 0 aromatic carbocycles. The Bertz CT molecular complexity index is 261. The van der Waals surface area contributed by atoms with E-state index < -0.39 is 0 Å². The van der Waals surface area contributed by atoms with Crippen LogP contribution in [0.5, 0.6) is 0 Å². The molecule has 0 radical (unpaired) electrons. The molecule has 0 aliphatic heterocycles. The summed E-state index contributed by atoms with van der Waals surface area (Å²) in [6.45, 7) is 21.5. The lowest BCUT2D eigenvalue weighted by Gasteiger charge is -2.05. The van der Waals surface area contributed by atoms with Crippen LogP contribution >= 0.6 is 0 Å². The van der Waals surface area contributed by atoms with Gasteiger partial charge in [0.2, 0.25) is 0 Å². The predicted molar refractivity (Wildman–Crippen MR) is 77.8 cm³/mol. The zero-order chi connectivity index (χ0) is 13.5. The topological polar surface area (TPSA) is 0 Å². The smallest absolute Gasteiger partial charge is 0.0396 e. The summed E-state index contributed by atoms with van der Waals surface area (Å²) >= 11 is 0. The molecule has 0 fully saturated rings. The first-order valence-corrected chi connectivity index (χ1v) is 6.00. The highest BCUT2D eigenvalue weighted by Gasteiger charge is 1.95. The van der Waals surface area contributed by atoms with Gasteiger partial charge in [-0.25, -0.2) is 0 Å². The summed E-state index contributed by atoms with van der Waals surface area (Å²) in [6, 6.07) is 0. The molecule has 0 N–H and O–H groups in total. The second-order valence-electron chi connectivity index (χ2n) is 5.25. The van der Waals surface area contributed by atoms with Crippen LogP contribution in [0.2, 0.25) is 0 Å². The van der Waals surface area contributed by atoms with Crippen LogP contribution in [-0.4, -0.2) is 0 Å². The normalized spacial score (nSPS) is 8.62. The van der Waals surface area contributed by atoms with Crippen molar-refractivity contribution in [3.63, 3.8) is 0 Å². The molecule has 0 aliphatic carbocycles. The third-order valence-corrected chi connectivity index (χ3v) is 3.06. The van der Waals surface area contributed by atoms with Gasteiger partial charge >= 0.3 is 0 Å². The molecular weight excluding hydrogens is 192 g/mol. The third-order valence-electron chi connectivity index (χ3n) is 3.06. The molecule has 0 aromatic heterocycles. The van der Waals surface area contributed by atoms with Crippen LogP contribution in [0.1, 0.15) is 69.2 Å². The van der Waals surface area contributed by atoms with Crippen molar-refractivity contribution < 1.29 is 0 Å². The summed E-state index contributed by atoms with van der Waals surface area (Å²) in [5.41, 5.74) is 8.54. The lowest BCUT2D eigenvalue weighted by molar-refractivity contribution is 1.17. The quantitative estimate of drug-likeness (QED) is 0.373. The standard InChI is InChI=1S/C10H18.C6H12/c1-7(2)9(5)10(6)8(3)4;1-5(2)6(3)4/h1-6H3;1-4H3. The highest BCUT2D eigenvalue weighted by atomic mass is 14.0. The van der Waals surface area contributed by atoms with Crippen LogP contribution in [0.25, 0.3) is 0 Å². The highest BCUT2D eigenvalue weighted by molar-refractivity contribution is 5.33. The van der Waals surface area contributed by atoms with Crippen molar-refractivity contribution in [2.45, 2.75) is 69.2 Å². The van der Waals surface area contributed by atoms with E-state index in [2.05, 4.69) is 69.2 Å². The maximum atomic E-state index is 2.18. The minimum absolute atomic E-state index is 1.42. The summed E-state index contributed by atoms with van der Waals surface area (Å²) in [5.74, 6) is 0. The van der Waals surface area contributed by atoms with Gasteiger partial charge in [-0.05, 0) is 80.4 Å². The first-order valence-electron chi connectivity index (χ1n) is 6.00. The lowest BCUT2D eigenvalue weighted by atomic mass is 10.0. The Morgan fingerprint density at radius 3 is 0.562 bits per heavy atom. The zero-order valence-electron chi connectivity index (χ0n) is 13.0. The van der Waals surface area contributed by atoms with E-state index in [4.69, 9.17) is 0 Å². The Labute approximate surface area is 103 Å². The highest BCUT2D eigenvalue weighted by Crippen LogP contribution is 2.16.